The quantitative estimate of drug-likeness (QED) is 0.411. The molecule has 0 spiro atoms. The first-order valence-electron chi connectivity index (χ1n) is 11.0. The van der Waals surface area contributed by atoms with Gasteiger partial charge in [-0.3, -0.25) is 0 Å². The Morgan fingerprint density at radius 2 is 1.59 bits per heavy atom. The van der Waals surface area contributed by atoms with Crippen molar-refractivity contribution in [1.82, 2.24) is 15.0 Å². The highest BCUT2D eigenvalue weighted by Gasteiger charge is 2.51. The number of nitrogens with zero attached hydrogens (tertiary/aromatic N) is 3. The molecule has 1 fully saturated rings. The topological polar surface area (TPSA) is 56.7 Å². The van der Waals surface area contributed by atoms with Gasteiger partial charge in [-0.15, -0.1) is 5.10 Å². The maximum Gasteiger partial charge on any atom is 0.113 e. The van der Waals surface area contributed by atoms with Crippen LogP contribution in [0.5, 0.6) is 0 Å². The van der Waals surface area contributed by atoms with Gasteiger partial charge in [0.2, 0.25) is 0 Å². The van der Waals surface area contributed by atoms with Gasteiger partial charge in [-0.2, -0.15) is 0 Å². The predicted molar refractivity (Wildman–Crippen MR) is 129 cm³/mol. The lowest BCUT2D eigenvalue weighted by atomic mass is 9.97. The van der Waals surface area contributed by atoms with Crippen LogP contribution < -0.4 is 5.73 Å². The van der Waals surface area contributed by atoms with Gasteiger partial charge in [0.05, 0.1) is 11.9 Å². The zero-order valence-electron chi connectivity index (χ0n) is 17.7. The Bertz CT molecular complexity index is 1390. The molecule has 1 aliphatic rings. The average Bonchev–Trinajstić information content (AvgIpc) is 3.26. The van der Waals surface area contributed by atoms with Crippen molar-refractivity contribution in [2.75, 3.05) is 0 Å². The van der Waals surface area contributed by atoms with E-state index in [1.165, 1.54) is 21.9 Å². The number of benzene rings is 4. The molecule has 5 aromatic rings. The van der Waals surface area contributed by atoms with Crippen molar-refractivity contribution in [3.8, 4) is 16.9 Å². The lowest BCUT2D eigenvalue weighted by molar-refractivity contribution is 0.646. The van der Waals surface area contributed by atoms with Crippen molar-refractivity contribution < 1.29 is 0 Å². The fraction of sp³-hybridized carbons (Fsp3) is 0.143. The molecule has 6 rings (SSSR count). The molecule has 1 saturated carbocycles. The summed E-state index contributed by atoms with van der Waals surface area (Å²) in [5.41, 5.74) is 12.2. The standard InChI is InChI=1S/C28H24N4/c29-28(17-20-10-11-21-6-4-5-9-24(21)16-20)18-26(28)22-12-14-25(15-13-22)32-19-27(30-31-32)23-7-2-1-3-8-23/h1-16,19,26H,17-18,29H2. The number of hydrogen-bond acceptors (Lipinski definition) is 3. The molecular weight excluding hydrogens is 392 g/mol. The Morgan fingerprint density at radius 3 is 2.41 bits per heavy atom. The van der Waals surface area contributed by atoms with Gasteiger partial charge in [-0.25, -0.2) is 4.68 Å². The second kappa shape index (κ2) is 7.43. The number of aromatic nitrogens is 3. The van der Waals surface area contributed by atoms with E-state index in [9.17, 15) is 0 Å². The van der Waals surface area contributed by atoms with Crippen LogP contribution in [-0.2, 0) is 6.42 Å². The van der Waals surface area contributed by atoms with Gasteiger partial charge < -0.3 is 5.73 Å². The Balaban J connectivity index is 1.18. The molecule has 4 heteroatoms. The molecule has 1 aliphatic carbocycles. The van der Waals surface area contributed by atoms with Crippen molar-refractivity contribution in [1.29, 1.82) is 0 Å². The third kappa shape index (κ3) is 3.49. The zero-order chi connectivity index (χ0) is 21.5. The molecule has 2 atom stereocenters. The van der Waals surface area contributed by atoms with Crippen LogP contribution in [0.4, 0.5) is 0 Å². The van der Waals surface area contributed by atoms with Crippen LogP contribution in [0.3, 0.4) is 0 Å². The first-order valence-corrected chi connectivity index (χ1v) is 11.0. The van der Waals surface area contributed by atoms with Gasteiger partial charge in [0.1, 0.15) is 5.69 Å². The Kier molecular flexibility index (Phi) is 4.40. The van der Waals surface area contributed by atoms with Crippen LogP contribution in [0, 0.1) is 0 Å². The molecular formula is C28H24N4. The van der Waals surface area contributed by atoms with Gasteiger partial charge in [0, 0.05) is 17.0 Å². The van der Waals surface area contributed by atoms with Gasteiger partial charge in [0.15, 0.2) is 0 Å². The normalized spacial score (nSPS) is 19.8. The van der Waals surface area contributed by atoms with Crippen LogP contribution in [0.25, 0.3) is 27.7 Å². The highest BCUT2D eigenvalue weighted by molar-refractivity contribution is 5.83. The molecule has 1 heterocycles. The maximum absolute atomic E-state index is 6.79. The first kappa shape index (κ1) is 19.0. The van der Waals surface area contributed by atoms with Crippen LogP contribution in [-0.4, -0.2) is 20.5 Å². The molecule has 156 valence electrons. The number of nitrogens with two attached hydrogens (primary N) is 1. The molecule has 2 unspecified atom stereocenters. The molecule has 0 aliphatic heterocycles. The summed E-state index contributed by atoms with van der Waals surface area (Å²) < 4.78 is 1.82. The minimum absolute atomic E-state index is 0.169. The monoisotopic (exact) mass is 416 g/mol. The predicted octanol–water partition coefficient (Wildman–Crippen LogP) is 5.52. The molecule has 4 nitrogen and oxygen atoms in total. The summed E-state index contributed by atoms with van der Waals surface area (Å²) >= 11 is 0. The van der Waals surface area contributed by atoms with E-state index in [1.807, 2.05) is 41.2 Å². The first-order chi connectivity index (χ1) is 15.7. The summed E-state index contributed by atoms with van der Waals surface area (Å²) in [5.74, 6) is 0.388. The van der Waals surface area contributed by atoms with Crippen LogP contribution in [0.1, 0.15) is 23.5 Å². The minimum Gasteiger partial charge on any atom is -0.324 e. The summed E-state index contributed by atoms with van der Waals surface area (Å²) in [6.45, 7) is 0. The van der Waals surface area contributed by atoms with Crippen molar-refractivity contribution in [2.45, 2.75) is 24.3 Å². The number of fused-ring (bicyclic) bond motifs is 1. The maximum atomic E-state index is 6.79. The second-order valence-corrected chi connectivity index (χ2v) is 8.85. The SMILES string of the molecule is NC1(Cc2ccc3ccccc3c2)CC1c1ccc(-n2cc(-c3ccccc3)nn2)cc1. The Hall–Kier alpha value is -3.76. The lowest BCUT2D eigenvalue weighted by Crippen LogP contribution is -2.27. The smallest absolute Gasteiger partial charge is 0.113 e. The Labute approximate surface area is 187 Å². The van der Waals surface area contributed by atoms with E-state index in [0.29, 0.717) is 5.92 Å². The van der Waals surface area contributed by atoms with Crippen LogP contribution >= 0.6 is 0 Å². The van der Waals surface area contributed by atoms with Gasteiger partial charge in [0.25, 0.3) is 0 Å². The summed E-state index contributed by atoms with van der Waals surface area (Å²) in [6.07, 6.45) is 3.88. The summed E-state index contributed by atoms with van der Waals surface area (Å²) in [5, 5.41) is 11.2. The van der Waals surface area contributed by atoms with Gasteiger partial charge in [-0.1, -0.05) is 90.1 Å². The van der Waals surface area contributed by atoms with E-state index >= 15 is 0 Å². The minimum atomic E-state index is -0.169. The van der Waals surface area contributed by atoms with Crippen LogP contribution in [0.15, 0.2) is 103 Å². The molecule has 4 aromatic carbocycles. The largest absolute Gasteiger partial charge is 0.324 e. The van der Waals surface area contributed by atoms with Crippen LogP contribution in [0.2, 0.25) is 0 Å². The fourth-order valence-electron chi connectivity index (χ4n) is 4.69. The summed E-state index contributed by atoms with van der Waals surface area (Å²) in [7, 11) is 0. The van der Waals surface area contributed by atoms with E-state index in [2.05, 4.69) is 77.0 Å². The highest BCUT2D eigenvalue weighted by atomic mass is 15.4. The van der Waals surface area contributed by atoms with E-state index in [1.54, 1.807) is 0 Å². The third-order valence-electron chi connectivity index (χ3n) is 6.59. The number of hydrogen-bond donors (Lipinski definition) is 1. The summed E-state index contributed by atoms with van der Waals surface area (Å²) in [6, 6.07) is 33.8. The molecule has 2 N–H and O–H groups in total. The molecule has 0 bridgehead atoms. The van der Waals surface area contributed by atoms with E-state index in [4.69, 9.17) is 5.73 Å². The van der Waals surface area contributed by atoms with Crippen molar-refractivity contribution in [3.05, 3.63) is 114 Å². The van der Waals surface area contributed by atoms with Gasteiger partial charge in [-0.05, 0) is 46.9 Å². The van der Waals surface area contributed by atoms with E-state index < -0.39 is 0 Å². The van der Waals surface area contributed by atoms with Crippen molar-refractivity contribution in [3.63, 3.8) is 0 Å². The average molecular weight is 417 g/mol. The van der Waals surface area contributed by atoms with E-state index in [-0.39, 0.29) is 5.54 Å². The van der Waals surface area contributed by atoms with Crippen molar-refractivity contribution >= 4 is 10.8 Å². The molecule has 32 heavy (non-hydrogen) atoms. The number of rotatable bonds is 5. The zero-order valence-corrected chi connectivity index (χ0v) is 17.7. The van der Waals surface area contributed by atoms with E-state index in [0.717, 1.165) is 29.8 Å². The second-order valence-electron chi connectivity index (χ2n) is 8.85. The van der Waals surface area contributed by atoms with Crippen molar-refractivity contribution in [2.24, 2.45) is 5.73 Å². The Morgan fingerprint density at radius 1 is 0.844 bits per heavy atom. The molecule has 1 aromatic heterocycles. The summed E-state index contributed by atoms with van der Waals surface area (Å²) in [4.78, 5) is 0. The molecule has 0 radical (unpaired) electrons. The molecule has 0 saturated heterocycles. The third-order valence-corrected chi connectivity index (χ3v) is 6.59. The fourth-order valence-corrected chi connectivity index (χ4v) is 4.69. The highest BCUT2D eigenvalue weighted by Crippen LogP contribution is 2.51. The molecule has 0 amide bonds. The lowest BCUT2D eigenvalue weighted by Gasteiger charge is -2.13. The van der Waals surface area contributed by atoms with Gasteiger partial charge >= 0.3 is 0 Å².